The molecule has 0 spiro atoms. The first kappa shape index (κ1) is 27.9. The molecule has 39 heavy (non-hydrogen) atoms. The smallest absolute Gasteiger partial charge is 0.354 e. The summed E-state index contributed by atoms with van der Waals surface area (Å²) < 4.78 is 7.59. The maximum absolute atomic E-state index is 12.9. The Morgan fingerprint density at radius 3 is 2.87 bits per heavy atom. The molecule has 8 N–H and O–H groups in total. The average Bonchev–Trinajstić information content (AvgIpc) is 3.55. The Kier molecular flexibility index (Phi) is 9.03. The number of H-pyrrole nitrogens is 1. The number of amidine groups is 1. The first-order valence-corrected chi connectivity index (χ1v) is 14.9. The SMILES string of the molecule is C[C@H](N)CCO[C@H]1CN[C@@H](c2cc3cn(-c4ccc([C@@H]5CCC[C@@H](CCSC(=N)N)N5)cc4)c(=O)nc3[nH]2)C1. The Bertz CT molecular complexity index is 1320. The average molecular weight is 553 g/mol. The predicted molar refractivity (Wildman–Crippen MR) is 158 cm³/mol. The largest absolute Gasteiger partial charge is 0.379 e. The van der Waals surface area contributed by atoms with E-state index in [4.69, 9.17) is 21.6 Å². The normalized spacial score (nSPS) is 24.3. The van der Waals surface area contributed by atoms with Crippen molar-refractivity contribution in [1.29, 1.82) is 5.41 Å². The summed E-state index contributed by atoms with van der Waals surface area (Å²) in [7, 11) is 0. The molecule has 3 aromatic rings. The number of nitrogens with zero attached hydrogens (tertiary/aromatic N) is 2. The van der Waals surface area contributed by atoms with Crippen molar-refractivity contribution < 1.29 is 4.74 Å². The third-order valence-corrected chi connectivity index (χ3v) is 8.45. The van der Waals surface area contributed by atoms with Crippen LogP contribution in [0.4, 0.5) is 0 Å². The number of aromatic nitrogens is 3. The molecule has 2 aliphatic heterocycles. The molecule has 11 heteroatoms. The van der Waals surface area contributed by atoms with Gasteiger partial charge < -0.3 is 31.8 Å². The van der Waals surface area contributed by atoms with Crippen LogP contribution in [0, 0.1) is 5.41 Å². The van der Waals surface area contributed by atoms with Gasteiger partial charge in [0.1, 0.15) is 5.65 Å². The Morgan fingerprint density at radius 1 is 1.28 bits per heavy atom. The fourth-order valence-corrected chi connectivity index (χ4v) is 6.19. The van der Waals surface area contributed by atoms with Crippen LogP contribution in [-0.4, -0.2) is 56.8 Å². The van der Waals surface area contributed by atoms with Crippen LogP contribution >= 0.6 is 11.8 Å². The molecule has 4 heterocycles. The fourth-order valence-electron chi connectivity index (χ4n) is 5.56. The number of hydrogen-bond donors (Lipinski definition) is 6. The fraction of sp³-hybridized carbons (Fsp3) is 0.536. The van der Waals surface area contributed by atoms with Gasteiger partial charge in [0.15, 0.2) is 5.17 Å². The molecule has 0 unspecified atom stereocenters. The monoisotopic (exact) mass is 552 g/mol. The topological polar surface area (TPSA) is 160 Å². The zero-order valence-electron chi connectivity index (χ0n) is 22.5. The molecule has 1 aromatic carbocycles. The zero-order valence-corrected chi connectivity index (χ0v) is 23.3. The third kappa shape index (κ3) is 7.09. The van der Waals surface area contributed by atoms with Crippen molar-refractivity contribution in [3.8, 4) is 5.69 Å². The molecule has 2 fully saturated rings. The van der Waals surface area contributed by atoms with Gasteiger partial charge in [-0.05, 0) is 62.8 Å². The predicted octanol–water partition coefficient (Wildman–Crippen LogP) is 3.07. The van der Waals surface area contributed by atoms with Crippen LogP contribution < -0.4 is 27.8 Å². The number of aromatic amines is 1. The van der Waals surface area contributed by atoms with Crippen LogP contribution in [-0.2, 0) is 4.74 Å². The van der Waals surface area contributed by atoms with Crippen molar-refractivity contribution in [2.24, 2.45) is 11.5 Å². The number of rotatable bonds is 10. The Hall–Kier alpha value is -2.70. The van der Waals surface area contributed by atoms with Gasteiger partial charge in [-0.3, -0.25) is 9.98 Å². The van der Waals surface area contributed by atoms with E-state index in [0.717, 1.165) is 61.2 Å². The van der Waals surface area contributed by atoms with Gasteiger partial charge in [0.05, 0.1) is 11.8 Å². The molecule has 2 aliphatic rings. The van der Waals surface area contributed by atoms with E-state index in [1.165, 1.54) is 23.7 Å². The van der Waals surface area contributed by atoms with E-state index in [2.05, 4.69) is 38.8 Å². The second-order valence-electron chi connectivity index (χ2n) is 10.8. The highest BCUT2D eigenvalue weighted by Crippen LogP contribution is 2.29. The van der Waals surface area contributed by atoms with Gasteiger partial charge >= 0.3 is 5.69 Å². The standard InChI is InChI=1S/C28H40N8O2S/c1-17(29)9-11-38-22-14-24(32-15-22)25-13-19-16-36(28(37)35-26(19)34-25)21-7-5-18(6-8-21)23-4-2-3-20(33-23)10-12-39-27(30)31/h5-8,13,16-17,20,22-24,32-33H,2-4,9-12,14-15,29H2,1H3,(H3,30,31)(H,34,35,37)/t17-,20-,22+,23-,24+/m0/s1. The molecule has 5 atom stereocenters. The molecule has 210 valence electrons. The van der Waals surface area contributed by atoms with Crippen molar-refractivity contribution in [1.82, 2.24) is 25.2 Å². The Labute approximate surface area is 233 Å². The minimum Gasteiger partial charge on any atom is -0.379 e. The summed E-state index contributed by atoms with van der Waals surface area (Å²) in [4.78, 5) is 20.6. The lowest BCUT2D eigenvalue weighted by molar-refractivity contribution is 0.0613. The highest BCUT2D eigenvalue weighted by molar-refractivity contribution is 8.13. The van der Waals surface area contributed by atoms with Crippen LogP contribution in [0.25, 0.3) is 16.7 Å². The van der Waals surface area contributed by atoms with Crippen LogP contribution in [0.1, 0.15) is 68.8 Å². The molecule has 5 rings (SSSR count). The van der Waals surface area contributed by atoms with Crippen LogP contribution in [0.15, 0.2) is 41.3 Å². The zero-order chi connectivity index (χ0) is 27.4. The molecule has 0 radical (unpaired) electrons. The number of benzene rings is 1. The molecule has 2 saturated heterocycles. The van der Waals surface area contributed by atoms with Gasteiger partial charge in [0.25, 0.3) is 0 Å². The Balaban J connectivity index is 1.24. The number of nitrogens with one attached hydrogen (secondary N) is 4. The van der Waals surface area contributed by atoms with Crippen LogP contribution in [0.5, 0.6) is 0 Å². The maximum Gasteiger partial charge on any atom is 0.354 e. The lowest BCUT2D eigenvalue weighted by atomic mass is 9.92. The molecule has 0 saturated carbocycles. The minimum atomic E-state index is -0.307. The van der Waals surface area contributed by atoms with Crippen LogP contribution in [0.3, 0.4) is 0 Å². The summed E-state index contributed by atoms with van der Waals surface area (Å²) in [5.41, 5.74) is 14.6. The molecule has 0 bridgehead atoms. The van der Waals surface area contributed by atoms with Crippen molar-refractivity contribution >= 4 is 28.0 Å². The van der Waals surface area contributed by atoms with E-state index in [-0.39, 0.29) is 35.1 Å². The van der Waals surface area contributed by atoms with Gasteiger partial charge in [-0.2, -0.15) is 4.98 Å². The molecular weight excluding hydrogens is 512 g/mol. The summed E-state index contributed by atoms with van der Waals surface area (Å²) in [6.07, 6.45) is 8.13. The van der Waals surface area contributed by atoms with E-state index in [1.807, 2.05) is 25.3 Å². The lowest BCUT2D eigenvalue weighted by Crippen LogP contribution is -2.37. The minimum absolute atomic E-state index is 0.134. The quantitative estimate of drug-likeness (QED) is 0.165. The van der Waals surface area contributed by atoms with Gasteiger partial charge in [-0.1, -0.05) is 30.3 Å². The van der Waals surface area contributed by atoms with Gasteiger partial charge in [0, 0.05) is 60.3 Å². The summed E-state index contributed by atoms with van der Waals surface area (Å²) in [6.45, 7) is 3.45. The number of nitrogens with two attached hydrogens (primary N) is 2. The first-order chi connectivity index (χ1) is 18.9. The van der Waals surface area contributed by atoms with E-state index in [9.17, 15) is 4.79 Å². The second-order valence-corrected chi connectivity index (χ2v) is 12.0. The Morgan fingerprint density at radius 2 is 2.10 bits per heavy atom. The van der Waals surface area contributed by atoms with E-state index in [0.29, 0.717) is 18.3 Å². The molecule has 0 amide bonds. The molecule has 2 aromatic heterocycles. The lowest BCUT2D eigenvalue weighted by Gasteiger charge is -2.31. The van der Waals surface area contributed by atoms with Crippen molar-refractivity contribution in [3.63, 3.8) is 0 Å². The molecule has 10 nitrogen and oxygen atoms in total. The second kappa shape index (κ2) is 12.6. The number of fused-ring (bicyclic) bond motifs is 1. The van der Waals surface area contributed by atoms with E-state index < -0.39 is 0 Å². The number of ether oxygens (including phenoxy) is 1. The summed E-state index contributed by atoms with van der Waals surface area (Å²) in [6, 6.07) is 11.3. The highest BCUT2D eigenvalue weighted by atomic mass is 32.2. The maximum atomic E-state index is 12.9. The van der Waals surface area contributed by atoms with Gasteiger partial charge in [-0.25, -0.2) is 4.79 Å². The summed E-state index contributed by atoms with van der Waals surface area (Å²) in [5, 5.41) is 15.7. The van der Waals surface area contributed by atoms with Crippen molar-refractivity contribution in [3.05, 3.63) is 58.3 Å². The highest BCUT2D eigenvalue weighted by Gasteiger charge is 2.27. The summed E-state index contributed by atoms with van der Waals surface area (Å²) >= 11 is 1.40. The van der Waals surface area contributed by atoms with Crippen molar-refractivity contribution in [2.75, 3.05) is 18.9 Å². The first-order valence-electron chi connectivity index (χ1n) is 13.9. The van der Waals surface area contributed by atoms with Gasteiger partial charge in [0.2, 0.25) is 0 Å². The van der Waals surface area contributed by atoms with Gasteiger partial charge in [-0.15, -0.1) is 0 Å². The number of piperidine rings is 1. The van der Waals surface area contributed by atoms with E-state index in [1.54, 1.807) is 4.57 Å². The molecule has 0 aliphatic carbocycles. The van der Waals surface area contributed by atoms with Crippen LogP contribution in [0.2, 0.25) is 0 Å². The third-order valence-electron chi connectivity index (χ3n) is 7.70. The summed E-state index contributed by atoms with van der Waals surface area (Å²) in [5.74, 6) is 0.858. The molecular formula is C28H40N8O2S. The van der Waals surface area contributed by atoms with E-state index >= 15 is 0 Å². The van der Waals surface area contributed by atoms with Crippen molar-refractivity contribution in [2.45, 2.75) is 75.7 Å². The number of thioether (sulfide) groups is 1. The number of hydrogen-bond acceptors (Lipinski definition) is 8.